The van der Waals surface area contributed by atoms with Crippen molar-refractivity contribution >= 4 is 16.9 Å². The average molecular weight is 392 g/mol. The fourth-order valence-corrected chi connectivity index (χ4v) is 4.42. The topological polar surface area (TPSA) is 102 Å². The number of cyclic esters (lactones) is 1. The molecule has 4 heterocycles. The number of rotatable bonds is 2. The molecule has 2 aliphatic rings. The summed E-state index contributed by atoms with van der Waals surface area (Å²) < 4.78 is 6.68. The van der Waals surface area contributed by atoms with E-state index in [2.05, 4.69) is 4.98 Å². The molecule has 0 bridgehead atoms. The molecule has 5 rings (SSSR count). The smallest absolute Gasteiger partial charge is 0.343 e. The van der Waals surface area contributed by atoms with Crippen molar-refractivity contribution in [2.45, 2.75) is 45.4 Å². The van der Waals surface area contributed by atoms with Crippen LogP contribution in [0.5, 0.6) is 5.75 Å². The normalized spacial score (nSPS) is 19.6. The van der Waals surface area contributed by atoms with E-state index >= 15 is 0 Å². The highest BCUT2D eigenvalue weighted by Crippen LogP contribution is 2.39. The van der Waals surface area contributed by atoms with Gasteiger partial charge in [-0.3, -0.25) is 4.79 Å². The van der Waals surface area contributed by atoms with Gasteiger partial charge in [0.05, 0.1) is 23.5 Å². The van der Waals surface area contributed by atoms with Crippen molar-refractivity contribution in [1.29, 1.82) is 0 Å². The lowest BCUT2D eigenvalue weighted by molar-refractivity contribution is -0.172. The second-order valence-corrected chi connectivity index (χ2v) is 7.59. The van der Waals surface area contributed by atoms with Crippen LogP contribution in [0.25, 0.3) is 22.3 Å². The molecular weight excluding hydrogens is 372 g/mol. The van der Waals surface area contributed by atoms with Crippen molar-refractivity contribution in [3.05, 3.63) is 56.9 Å². The first-order valence-electron chi connectivity index (χ1n) is 9.70. The highest BCUT2D eigenvalue weighted by molar-refractivity contribution is 5.91. The Bertz CT molecular complexity index is 1280. The zero-order valence-corrected chi connectivity index (χ0v) is 16.2. The second kappa shape index (κ2) is 5.90. The molecule has 2 aromatic heterocycles. The highest BCUT2D eigenvalue weighted by Gasteiger charge is 2.45. The number of phenols is 1. The third-order valence-corrected chi connectivity index (χ3v) is 6.13. The Hall–Kier alpha value is -3.19. The van der Waals surface area contributed by atoms with Crippen LogP contribution in [0, 0.1) is 0 Å². The first-order chi connectivity index (χ1) is 13.9. The zero-order chi connectivity index (χ0) is 20.5. The van der Waals surface area contributed by atoms with E-state index < -0.39 is 11.6 Å². The maximum absolute atomic E-state index is 13.2. The van der Waals surface area contributed by atoms with E-state index in [1.807, 2.05) is 19.1 Å². The Morgan fingerprint density at radius 2 is 2.03 bits per heavy atom. The summed E-state index contributed by atoms with van der Waals surface area (Å²) in [5.41, 5.74) is 1.97. The number of ether oxygens (including phenoxy) is 1. The van der Waals surface area contributed by atoms with Gasteiger partial charge in [0.1, 0.15) is 17.9 Å². The van der Waals surface area contributed by atoms with E-state index in [0.717, 1.165) is 22.9 Å². The van der Waals surface area contributed by atoms with Gasteiger partial charge in [-0.15, -0.1) is 0 Å². The highest BCUT2D eigenvalue weighted by atomic mass is 16.6. The molecule has 0 saturated heterocycles. The van der Waals surface area contributed by atoms with Crippen molar-refractivity contribution < 1.29 is 19.7 Å². The molecule has 0 saturated carbocycles. The Morgan fingerprint density at radius 1 is 1.24 bits per heavy atom. The molecule has 3 aromatic rings. The molecular formula is C22H20N2O5. The van der Waals surface area contributed by atoms with E-state index in [4.69, 9.17) is 4.74 Å². The number of aliphatic hydroxyl groups is 1. The van der Waals surface area contributed by atoms with Gasteiger partial charge in [0, 0.05) is 16.5 Å². The number of aromatic hydroxyl groups is 1. The summed E-state index contributed by atoms with van der Waals surface area (Å²) in [5, 5.41) is 22.1. The largest absolute Gasteiger partial charge is 0.506 e. The van der Waals surface area contributed by atoms with Crippen molar-refractivity contribution in [2.75, 3.05) is 0 Å². The van der Waals surface area contributed by atoms with E-state index in [1.54, 1.807) is 23.6 Å². The van der Waals surface area contributed by atoms with Crippen molar-refractivity contribution in [3.8, 4) is 17.1 Å². The monoisotopic (exact) mass is 392 g/mol. The number of aryl methyl sites for hydroxylation is 1. The van der Waals surface area contributed by atoms with Gasteiger partial charge >= 0.3 is 5.97 Å². The summed E-state index contributed by atoms with van der Waals surface area (Å²) in [5.74, 6) is -0.667. The van der Waals surface area contributed by atoms with Gasteiger partial charge in [-0.1, -0.05) is 19.9 Å². The number of fused-ring (bicyclic) bond motifs is 5. The quantitative estimate of drug-likeness (QED) is 0.508. The van der Waals surface area contributed by atoms with Crippen LogP contribution < -0.4 is 5.56 Å². The number of nitrogens with zero attached hydrogens (tertiary/aromatic N) is 2. The number of pyridine rings is 2. The number of carbonyl (C=O) groups excluding carboxylic acids is 1. The van der Waals surface area contributed by atoms with E-state index in [-0.39, 0.29) is 29.9 Å². The van der Waals surface area contributed by atoms with Crippen LogP contribution in [-0.2, 0) is 34.7 Å². The number of hydrogen-bond acceptors (Lipinski definition) is 6. The predicted octanol–water partition coefficient (Wildman–Crippen LogP) is 2.35. The Kier molecular flexibility index (Phi) is 3.64. The molecule has 1 aromatic carbocycles. The standard InChI is InChI=1S/C22H20N2O5/c1-3-11-5-6-17(25)19-13(11)7-12-9-24-16(18(12)23-19)8-15-14(20(24)26)10-29-21(27)22(15,28)4-2/h5-8,25,28H,3-4,9-10H2,1-2H3/t22-/m0/s1. The van der Waals surface area contributed by atoms with Gasteiger partial charge in [0.2, 0.25) is 0 Å². The fraction of sp³-hybridized carbons (Fsp3) is 0.318. The average Bonchev–Trinajstić information content (AvgIpc) is 3.08. The van der Waals surface area contributed by atoms with Crippen LogP contribution in [0.1, 0.15) is 42.5 Å². The molecule has 148 valence electrons. The second-order valence-electron chi connectivity index (χ2n) is 7.59. The van der Waals surface area contributed by atoms with Crippen LogP contribution in [0.3, 0.4) is 0 Å². The minimum Gasteiger partial charge on any atom is -0.506 e. The molecule has 0 amide bonds. The first kappa shape index (κ1) is 17.9. The SMILES string of the molecule is CCc1ccc(O)c2nc3c(cc12)Cn1c-3cc2c(c1=O)COC(=O)[C@]2(O)CC. The van der Waals surface area contributed by atoms with Crippen LogP contribution in [0.15, 0.2) is 29.1 Å². The Labute approximate surface area is 166 Å². The van der Waals surface area contributed by atoms with Gasteiger partial charge in [-0.25, -0.2) is 9.78 Å². The molecule has 0 fully saturated rings. The summed E-state index contributed by atoms with van der Waals surface area (Å²) >= 11 is 0. The molecule has 0 spiro atoms. The molecule has 2 N–H and O–H groups in total. The molecule has 29 heavy (non-hydrogen) atoms. The van der Waals surface area contributed by atoms with E-state index in [1.165, 1.54) is 0 Å². The summed E-state index contributed by atoms with van der Waals surface area (Å²) in [6.45, 7) is 3.90. The minimum absolute atomic E-state index is 0.0763. The molecule has 0 aliphatic carbocycles. The minimum atomic E-state index is -1.85. The van der Waals surface area contributed by atoms with Crippen LogP contribution in [0.4, 0.5) is 0 Å². The molecule has 7 nitrogen and oxygen atoms in total. The number of benzene rings is 1. The molecule has 1 atom stereocenters. The predicted molar refractivity (Wildman–Crippen MR) is 106 cm³/mol. The number of carbonyl (C=O) groups is 1. The van der Waals surface area contributed by atoms with E-state index in [0.29, 0.717) is 29.0 Å². The van der Waals surface area contributed by atoms with Gasteiger partial charge in [0.25, 0.3) is 5.56 Å². The number of aromatic nitrogens is 2. The number of hydrogen-bond donors (Lipinski definition) is 2. The maximum atomic E-state index is 13.2. The molecule has 0 unspecified atom stereocenters. The summed E-state index contributed by atoms with van der Waals surface area (Å²) in [7, 11) is 0. The summed E-state index contributed by atoms with van der Waals surface area (Å²) in [6, 6.07) is 7.14. The number of esters is 1. The summed E-state index contributed by atoms with van der Waals surface area (Å²) in [6.07, 6.45) is 0.891. The van der Waals surface area contributed by atoms with Gasteiger partial charge in [-0.05, 0) is 36.6 Å². The van der Waals surface area contributed by atoms with E-state index in [9.17, 15) is 19.8 Å². The lowest BCUT2D eigenvalue weighted by atomic mass is 9.86. The van der Waals surface area contributed by atoms with Crippen LogP contribution >= 0.6 is 0 Å². The summed E-state index contributed by atoms with van der Waals surface area (Å²) in [4.78, 5) is 30.1. The van der Waals surface area contributed by atoms with Gasteiger partial charge in [0.15, 0.2) is 5.60 Å². The maximum Gasteiger partial charge on any atom is 0.343 e. The van der Waals surface area contributed by atoms with Gasteiger partial charge < -0.3 is 19.5 Å². The number of phenolic OH excluding ortho intramolecular Hbond substituents is 1. The molecule has 7 heteroatoms. The lowest BCUT2D eigenvalue weighted by Crippen LogP contribution is -2.44. The fourth-order valence-electron chi connectivity index (χ4n) is 4.42. The van der Waals surface area contributed by atoms with Crippen molar-refractivity contribution in [3.63, 3.8) is 0 Å². The Morgan fingerprint density at radius 3 is 2.76 bits per heavy atom. The Balaban J connectivity index is 1.81. The van der Waals surface area contributed by atoms with Crippen molar-refractivity contribution in [1.82, 2.24) is 9.55 Å². The molecule has 2 aliphatic heterocycles. The van der Waals surface area contributed by atoms with Gasteiger partial charge in [-0.2, -0.15) is 0 Å². The van der Waals surface area contributed by atoms with Crippen LogP contribution in [0.2, 0.25) is 0 Å². The van der Waals surface area contributed by atoms with Crippen molar-refractivity contribution in [2.24, 2.45) is 0 Å². The molecule has 0 radical (unpaired) electrons. The first-order valence-corrected chi connectivity index (χ1v) is 9.70. The lowest BCUT2D eigenvalue weighted by Gasteiger charge is -2.31. The van der Waals surface area contributed by atoms with Crippen LogP contribution in [-0.4, -0.2) is 25.7 Å². The third kappa shape index (κ3) is 2.25. The zero-order valence-electron chi connectivity index (χ0n) is 16.2. The third-order valence-electron chi connectivity index (χ3n) is 6.13.